The van der Waals surface area contributed by atoms with Crippen molar-refractivity contribution >= 4 is 22.7 Å². The molecule has 1 aliphatic rings. The second kappa shape index (κ2) is 8.52. The summed E-state index contributed by atoms with van der Waals surface area (Å²) >= 11 is 0. The van der Waals surface area contributed by atoms with Crippen LogP contribution in [0.1, 0.15) is 36.1 Å². The Labute approximate surface area is 185 Å². The first kappa shape index (κ1) is 20.6. The van der Waals surface area contributed by atoms with E-state index in [4.69, 9.17) is 4.74 Å². The monoisotopic (exact) mass is 385 g/mol. The maximum Gasteiger partial charge on any atom is 1.00 e. The summed E-state index contributed by atoms with van der Waals surface area (Å²) in [4.78, 5) is 23.1. The Morgan fingerprint density at radius 2 is 1.89 bits per heavy atom. The maximum atomic E-state index is 12.2. The van der Waals surface area contributed by atoms with Crippen LogP contribution in [0.25, 0.3) is 10.9 Å². The van der Waals surface area contributed by atoms with Crippen LogP contribution in [0.3, 0.4) is 0 Å². The van der Waals surface area contributed by atoms with Crippen LogP contribution in [0.15, 0.2) is 48.5 Å². The number of hydrogen-bond acceptors (Lipinski definition) is 4. The fourth-order valence-corrected chi connectivity index (χ4v) is 4.13. The minimum atomic E-state index is -1.27. The van der Waals surface area contributed by atoms with Crippen LogP contribution >= 0.6 is 0 Å². The Kier molecular flexibility index (Phi) is 6.28. The van der Waals surface area contributed by atoms with E-state index in [9.17, 15) is 14.7 Å². The Morgan fingerprint density at radius 1 is 1.14 bits per heavy atom. The summed E-state index contributed by atoms with van der Waals surface area (Å²) in [5.41, 5.74) is 4.26. The average Bonchev–Trinajstić information content (AvgIpc) is 3.21. The third-order valence-corrected chi connectivity index (χ3v) is 5.24. The molecular weight excluding hydrogens is 365 g/mol. The molecule has 0 bridgehead atoms. The van der Waals surface area contributed by atoms with E-state index in [1.807, 2.05) is 30.3 Å². The molecule has 0 N–H and O–H groups in total. The molecule has 6 heteroatoms. The number of nitrogens with zero attached hydrogens (tertiary/aromatic N) is 1. The zero-order valence-corrected chi connectivity index (χ0v) is 18.1. The van der Waals surface area contributed by atoms with Crippen molar-refractivity contribution in [2.24, 2.45) is 0 Å². The van der Waals surface area contributed by atoms with Gasteiger partial charge in [-0.1, -0.05) is 36.4 Å². The molecule has 1 atom stereocenters. The Hall–Kier alpha value is -2.08. The number of carboxylic acids is 1. The number of aliphatic carboxylic acids is 1. The molecule has 1 unspecified atom stereocenters. The van der Waals surface area contributed by atoms with E-state index >= 15 is 0 Å². The molecule has 28 heavy (non-hydrogen) atoms. The van der Waals surface area contributed by atoms with Gasteiger partial charge in [0, 0.05) is 23.5 Å². The SMILES string of the molecule is CC(=O)C1CCc2c1c1c(OCC(=O)[O-])cccc1n2Cc1ccccc1.[Na+]. The quantitative estimate of drug-likeness (QED) is 0.534. The number of carboxylic acid groups (broad SMARTS) is 1. The summed E-state index contributed by atoms with van der Waals surface area (Å²) in [5, 5.41) is 11.7. The summed E-state index contributed by atoms with van der Waals surface area (Å²) in [6.45, 7) is 1.80. The summed E-state index contributed by atoms with van der Waals surface area (Å²) in [5.74, 6) is -0.821. The molecule has 0 fully saturated rings. The largest absolute Gasteiger partial charge is 1.00 e. The molecule has 0 radical (unpaired) electrons. The fourth-order valence-electron chi connectivity index (χ4n) is 4.13. The van der Waals surface area contributed by atoms with Gasteiger partial charge in [-0.15, -0.1) is 0 Å². The topological polar surface area (TPSA) is 71.4 Å². The first-order valence-electron chi connectivity index (χ1n) is 9.07. The molecule has 4 rings (SSSR count). The smallest absolute Gasteiger partial charge is 0.546 e. The molecule has 2 aromatic carbocycles. The van der Waals surface area contributed by atoms with E-state index in [0.717, 1.165) is 35.0 Å². The van der Waals surface area contributed by atoms with Crippen molar-refractivity contribution in [1.82, 2.24) is 4.57 Å². The van der Waals surface area contributed by atoms with Crippen LogP contribution < -0.4 is 39.4 Å². The van der Waals surface area contributed by atoms with E-state index in [1.165, 1.54) is 5.56 Å². The van der Waals surface area contributed by atoms with Crippen molar-refractivity contribution in [3.8, 4) is 5.75 Å². The number of rotatable bonds is 6. The number of ketones is 1. The van der Waals surface area contributed by atoms with Crippen LogP contribution in [-0.4, -0.2) is 22.9 Å². The third-order valence-electron chi connectivity index (χ3n) is 5.24. The molecule has 1 aromatic heterocycles. The van der Waals surface area contributed by atoms with E-state index in [1.54, 1.807) is 13.0 Å². The first-order valence-corrected chi connectivity index (χ1v) is 9.07. The van der Waals surface area contributed by atoms with Crippen LogP contribution in [0.5, 0.6) is 5.75 Å². The molecule has 3 aromatic rings. The van der Waals surface area contributed by atoms with Crippen molar-refractivity contribution in [3.63, 3.8) is 0 Å². The normalized spacial score (nSPS) is 15.1. The van der Waals surface area contributed by atoms with Crippen LogP contribution in [-0.2, 0) is 22.6 Å². The van der Waals surface area contributed by atoms with E-state index in [-0.39, 0.29) is 41.3 Å². The Bertz CT molecular complexity index is 1030. The van der Waals surface area contributed by atoms with Gasteiger partial charge in [-0.05, 0) is 43.0 Å². The number of carbonyl (C=O) groups is 2. The molecule has 5 nitrogen and oxygen atoms in total. The first-order chi connectivity index (χ1) is 13.1. The van der Waals surface area contributed by atoms with Gasteiger partial charge in [-0.25, -0.2) is 0 Å². The van der Waals surface area contributed by atoms with Gasteiger partial charge in [0.05, 0.1) is 11.5 Å². The maximum absolute atomic E-state index is 12.2. The third kappa shape index (κ3) is 3.75. The van der Waals surface area contributed by atoms with Gasteiger partial charge >= 0.3 is 29.6 Å². The number of carbonyl (C=O) groups excluding carboxylic acids is 2. The van der Waals surface area contributed by atoms with Gasteiger partial charge in [0.1, 0.15) is 18.1 Å². The molecule has 0 saturated heterocycles. The summed E-state index contributed by atoms with van der Waals surface area (Å²) in [6, 6.07) is 15.8. The van der Waals surface area contributed by atoms with Gasteiger partial charge < -0.3 is 19.2 Å². The minimum Gasteiger partial charge on any atom is -0.546 e. The van der Waals surface area contributed by atoms with Gasteiger partial charge in [0.15, 0.2) is 0 Å². The number of fused-ring (bicyclic) bond motifs is 3. The van der Waals surface area contributed by atoms with Gasteiger partial charge in [-0.2, -0.15) is 0 Å². The van der Waals surface area contributed by atoms with Gasteiger partial charge in [0.25, 0.3) is 0 Å². The average molecular weight is 385 g/mol. The van der Waals surface area contributed by atoms with E-state index in [2.05, 4.69) is 16.7 Å². The second-order valence-electron chi connectivity index (χ2n) is 6.94. The molecule has 0 amide bonds. The molecule has 0 spiro atoms. The molecular formula is C22H20NNaO4. The predicted molar refractivity (Wildman–Crippen MR) is 99.7 cm³/mol. The number of aromatic nitrogens is 1. The van der Waals surface area contributed by atoms with Gasteiger partial charge in [-0.3, -0.25) is 4.79 Å². The Balaban J connectivity index is 0.00000225. The summed E-state index contributed by atoms with van der Waals surface area (Å²) < 4.78 is 7.74. The number of Topliss-reactive ketones (excluding diaryl/α,β-unsaturated/α-hetero) is 1. The summed E-state index contributed by atoms with van der Waals surface area (Å²) in [7, 11) is 0. The molecule has 1 aliphatic carbocycles. The fraction of sp³-hybridized carbons (Fsp3) is 0.273. The predicted octanol–water partition coefficient (Wildman–Crippen LogP) is -0.559. The summed E-state index contributed by atoms with van der Waals surface area (Å²) in [6.07, 6.45) is 1.60. The van der Waals surface area contributed by atoms with Crippen molar-refractivity contribution in [2.75, 3.05) is 6.61 Å². The van der Waals surface area contributed by atoms with Crippen molar-refractivity contribution in [3.05, 3.63) is 65.4 Å². The van der Waals surface area contributed by atoms with Crippen LogP contribution in [0.4, 0.5) is 0 Å². The van der Waals surface area contributed by atoms with Crippen molar-refractivity contribution in [1.29, 1.82) is 0 Å². The van der Waals surface area contributed by atoms with Crippen LogP contribution in [0, 0.1) is 0 Å². The number of benzene rings is 2. The minimum absolute atomic E-state index is 0. The molecule has 0 saturated carbocycles. The number of ether oxygens (including phenoxy) is 1. The molecule has 138 valence electrons. The van der Waals surface area contributed by atoms with Crippen molar-refractivity contribution in [2.45, 2.75) is 32.2 Å². The van der Waals surface area contributed by atoms with Crippen molar-refractivity contribution < 1.29 is 49.0 Å². The second-order valence-corrected chi connectivity index (χ2v) is 6.94. The van der Waals surface area contributed by atoms with E-state index < -0.39 is 12.6 Å². The molecule has 0 aliphatic heterocycles. The standard InChI is InChI=1S/C22H21NO4.Na/c1-14(24)16-10-11-18-21(16)22-17(8-5-9-19(22)27-13-20(25)26)23(18)12-15-6-3-2-4-7-15;/h2-9,16H,10-13H2,1H3,(H,25,26);/q;+1/p-1. The van der Waals surface area contributed by atoms with E-state index in [0.29, 0.717) is 12.3 Å². The zero-order chi connectivity index (χ0) is 19.0. The zero-order valence-electron chi connectivity index (χ0n) is 16.1. The number of hydrogen-bond donors (Lipinski definition) is 0. The van der Waals surface area contributed by atoms with Crippen LogP contribution in [0.2, 0.25) is 0 Å². The van der Waals surface area contributed by atoms with Gasteiger partial charge in [0.2, 0.25) is 0 Å². The molecule has 1 heterocycles. The Morgan fingerprint density at radius 3 is 2.57 bits per heavy atom.